The summed E-state index contributed by atoms with van der Waals surface area (Å²) in [5, 5.41) is 1.00. The number of ether oxygens (including phenoxy) is 3. The van der Waals surface area contributed by atoms with E-state index in [-0.39, 0.29) is 12.1 Å². The lowest BCUT2D eigenvalue weighted by Gasteiger charge is -2.26. The molecule has 1 saturated carbocycles. The molecule has 2 heterocycles. The first kappa shape index (κ1) is 17.0. The van der Waals surface area contributed by atoms with E-state index in [0.717, 1.165) is 25.9 Å². The van der Waals surface area contributed by atoms with Gasteiger partial charge in [-0.05, 0) is 37.3 Å². The van der Waals surface area contributed by atoms with Crippen LogP contribution in [0.25, 0.3) is 5.57 Å². The fourth-order valence-electron chi connectivity index (χ4n) is 3.93. The van der Waals surface area contributed by atoms with Crippen LogP contribution >= 0.6 is 23.2 Å². The van der Waals surface area contributed by atoms with Crippen molar-refractivity contribution in [3.8, 4) is 0 Å². The van der Waals surface area contributed by atoms with E-state index >= 15 is 0 Å². The average molecular weight is 381 g/mol. The van der Waals surface area contributed by atoms with E-state index in [1.54, 1.807) is 18.2 Å². The summed E-state index contributed by atoms with van der Waals surface area (Å²) in [4.78, 5) is 11.8. The van der Waals surface area contributed by atoms with Crippen molar-refractivity contribution in [1.82, 2.24) is 0 Å². The normalized spacial score (nSPS) is 30.8. The molecule has 3 atom stereocenters. The van der Waals surface area contributed by atoms with Crippen molar-refractivity contribution in [2.45, 2.75) is 37.9 Å². The summed E-state index contributed by atoms with van der Waals surface area (Å²) in [6, 6.07) is 5.20. The Morgan fingerprint density at radius 3 is 2.80 bits per heavy atom. The lowest BCUT2D eigenvalue weighted by molar-refractivity contribution is -0.140. The molecule has 3 aliphatic rings. The summed E-state index contributed by atoms with van der Waals surface area (Å²) >= 11 is 12.4. The maximum Gasteiger partial charge on any atom is 0.307 e. The molecule has 1 aromatic rings. The largest absolute Gasteiger partial charge is 0.479 e. The molecule has 1 aromatic carbocycles. The predicted octanol–water partition coefficient (Wildman–Crippen LogP) is 4.75. The van der Waals surface area contributed by atoms with Gasteiger partial charge in [0.2, 0.25) is 0 Å². The first-order chi connectivity index (χ1) is 11.9. The maximum absolute atomic E-state index is 11.8. The van der Waals surface area contributed by atoms with Gasteiger partial charge in [0.25, 0.3) is 0 Å². The van der Waals surface area contributed by atoms with Crippen LogP contribution in [-0.4, -0.2) is 24.3 Å². The number of benzene rings is 1. The van der Waals surface area contributed by atoms with Gasteiger partial charge in [0.1, 0.15) is 5.76 Å². The van der Waals surface area contributed by atoms with Crippen LogP contribution in [0.3, 0.4) is 0 Å². The van der Waals surface area contributed by atoms with E-state index in [4.69, 9.17) is 37.4 Å². The first-order valence-corrected chi connectivity index (χ1v) is 9.04. The summed E-state index contributed by atoms with van der Waals surface area (Å²) in [5.74, 6) is 0.995. The van der Waals surface area contributed by atoms with E-state index in [0.29, 0.717) is 38.6 Å². The molecule has 1 saturated heterocycles. The van der Waals surface area contributed by atoms with Gasteiger partial charge < -0.3 is 14.2 Å². The summed E-state index contributed by atoms with van der Waals surface area (Å²) < 4.78 is 17.3. The number of allylic oxidation sites excluding steroid dienone is 1. The Morgan fingerprint density at radius 2 is 2.16 bits per heavy atom. The van der Waals surface area contributed by atoms with Gasteiger partial charge in [0.05, 0.1) is 23.3 Å². The van der Waals surface area contributed by atoms with Gasteiger partial charge in [-0.25, -0.2) is 0 Å². The first-order valence-electron chi connectivity index (χ1n) is 8.28. The zero-order valence-corrected chi connectivity index (χ0v) is 15.3. The summed E-state index contributed by atoms with van der Waals surface area (Å²) in [5.41, 5.74) is 0.682. The number of hydrogen-bond acceptors (Lipinski definition) is 4. The number of halogens is 2. The molecule has 0 bridgehead atoms. The summed E-state index contributed by atoms with van der Waals surface area (Å²) in [6.45, 7) is 6.23. The van der Waals surface area contributed by atoms with Crippen LogP contribution in [0.2, 0.25) is 10.0 Å². The zero-order chi connectivity index (χ0) is 17.8. The van der Waals surface area contributed by atoms with Crippen molar-refractivity contribution < 1.29 is 19.0 Å². The Morgan fingerprint density at radius 1 is 1.40 bits per heavy atom. The van der Waals surface area contributed by atoms with Gasteiger partial charge >= 0.3 is 5.97 Å². The molecule has 0 N–H and O–H groups in total. The lowest BCUT2D eigenvalue weighted by Crippen LogP contribution is -2.30. The molecular weight excluding hydrogens is 363 g/mol. The highest BCUT2D eigenvalue weighted by Crippen LogP contribution is 2.55. The minimum atomic E-state index is -0.669. The third-order valence-electron chi connectivity index (χ3n) is 5.08. The molecule has 0 amide bonds. The third kappa shape index (κ3) is 2.97. The summed E-state index contributed by atoms with van der Waals surface area (Å²) in [6.07, 6.45) is 2.75. The van der Waals surface area contributed by atoms with Crippen molar-refractivity contribution in [3.63, 3.8) is 0 Å². The van der Waals surface area contributed by atoms with E-state index in [2.05, 4.69) is 6.58 Å². The highest BCUT2D eigenvalue weighted by atomic mass is 35.5. The Hall–Kier alpha value is -1.49. The van der Waals surface area contributed by atoms with Crippen molar-refractivity contribution in [1.29, 1.82) is 0 Å². The standard InChI is InChI=1S/C19H18Cl2O4/c1-10-17(14-4-3-13(20)7-15(14)21)18(24-11(2)22)19(25-10)6-5-12(8-19)16-9-23-16/h3-4,7,12,16H,1,5-6,8-9H2,2H3. The molecule has 6 heteroatoms. The number of epoxide rings is 1. The van der Waals surface area contributed by atoms with Gasteiger partial charge in [-0.15, -0.1) is 0 Å². The van der Waals surface area contributed by atoms with E-state index in [9.17, 15) is 4.79 Å². The fraction of sp³-hybridized carbons (Fsp3) is 0.421. The second-order valence-electron chi connectivity index (χ2n) is 6.82. The molecule has 0 aromatic heterocycles. The Labute approximate surface area is 156 Å². The predicted molar refractivity (Wildman–Crippen MR) is 95.2 cm³/mol. The highest BCUT2D eigenvalue weighted by molar-refractivity contribution is 6.35. The number of hydrogen-bond donors (Lipinski definition) is 0. The molecule has 0 radical (unpaired) electrons. The minimum absolute atomic E-state index is 0.290. The molecule has 4 nitrogen and oxygen atoms in total. The fourth-order valence-corrected chi connectivity index (χ4v) is 4.43. The molecule has 1 spiro atoms. The number of carbonyl (C=O) groups is 1. The smallest absolute Gasteiger partial charge is 0.307 e. The molecular formula is C19H18Cl2O4. The van der Waals surface area contributed by atoms with Crippen molar-refractivity contribution in [2.24, 2.45) is 5.92 Å². The number of carbonyl (C=O) groups excluding carboxylic acids is 1. The number of rotatable bonds is 3. The van der Waals surface area contributed by atoms with E-state index in [1.165, 1.54) is 6.92 Å². The van der Waals surface area contributed by atoms with Crippen LogP contribution in [0.4, 0.5) is 0 Å². The van der Waals surface area contributed by atoms with Gasteiger partial charge in [-0.3, -0.25) is 4.79 Å². The van der Waals surface area contributed by atoms with Crippen LogP contribution < -0.4 is 0 Å². The van der Waals surface area contributed by atoms with Crippen LogP contribution in [0.1, 0.15) is 31.7 Å². The van der Waals surface area contributed by atoms with Gasteiger partial charge in [-0.2, -0.15) is 0 Å². The Bertz CT molecular complexity index is 797. The zero-order valence-electron chi connectivity index (χ0n) is 13.8. The van der Waals surface area contributed by atoms with Crippen LogP contribution in [-0.2, 0) is 19.0 Å². The lowest BCUT2D eigenvalue weighted by atomic mass is 9.93. The SMILES string of the molecule is C=C1OC2(CCC(C3CO3)C2)C(OC(C)=O)=C1c1ccc(Cl)cc1Cl. The monoisotopic (exact) mass is 380 g/mol. The number of esters is 1. The second-order valence-corrected chi connectivity index (χ2v) is 7.66. The second kappa shape index (κ2) is 6.04. The summed E-state index contributed by atoms with van der Waals surface area (Å²) in [7, 11) is 0. The van der Waals surface area contributed by atoms with Crippen molar-refractivity contribution >= 4 is 34.7 Å². The molecule has 2 aliphatic heterocycles. The third-order valence-corrected chi connectivity index (χ3v) is 5.63. The molecule has 1 aliphatic carbocycles. The van der Waals surface area contributed by atoms with Gasteiger partial charge in [0, 0.05) is 17.5 Å². The Balaban J connectivity index is 1.80. The highest BCUT2D eigenvalue weighted by Gasteiger charge is 2.55. The Kier molecular flexibility index (Phi) is 4.10. The van der Waals surface area contributed by atoms with Crippen LogP contribution in [0.5, 0.6) is 0 Å². The quantitative estimate of drug-likeness (QED) is 0.560. The van der Waals surface area contributed by atoms with Gasteiger partial charge in [0.15, 0.2) is 11.4 Å². The molecule has 132 valence electrons. The van der Waals surface area contributed by atoms with Crippen molar-refractivity contribution in [3.05, 3.63) is 51.9 Å². The average Bonchev–Trinajstić information content (AvgIpc) is 3.25. The molecule has 4 rings (SSSR count). The maximum atomic E-state index is 11.8. The van der Waals surface area contributed by atoms with Crippen LogP contribution in [0.15, 0.2) is 36.3 Å². The molecule has 3 unspecified atom stereocenters. The molecule has 2 fully saturated rings. The van der Waals surface area contributed by atoms with Gasteiger partial charge in [-0.1, -0.05) is 35.8 Å². The topological polar surface area (TPSA) is 48.1 Å². The minimum Gasteiger partial charge on any atom is -0.479 e. The molecule has 25 heavy (non-hydrogen) atoms. The van der Waals surface area contributed by atoms with E-state index < -0.39 is 5.60 Å². The van der Waals surface area contributed by atoms with E-state index in [1.807, 2.05) is 0 Å². The van der Waals surface area contributed by atoms with Crippen molar-refractivity contribution in [2.75, 3.05) is 6.61 Å². The van der Waals surface area contributed by atoms with Crippen LogP contribution in [0, 0.1) is 5.92 Å².